The molecule has 1 amide bonds. The average Bonchev–Trinajstić information content (AvgIpc) is 3.02. The molecule has 2 unspecified atom stereocenters. The summed E-state index contributed by atoms with van der Waals surface area (Å²) in [4.78, 5) is 16.6. The van der Waals surface area contributed by atoms with Gasteiger partial charge in [-0.2, -0.15) is 0 Å². The van der Waals surface area contributed by atoms with E-state index in [1.165, 1.54) is 11.3 Å². The maximum absolute atomic E-state index is 12.1. The summed E-state index contributed by atoms with van der Waals surface area (Å²) in [6, 6.07) is 7.02. The van der Waals surface area contributed by atoms with E-state index in [1.807, 2.05) is 11.5 Å². The van der Waals surface area contributed by atoms with Crippen LogP contribution in [0.1, 0.15) is 37.6 Å². The lowest BCUT2D eigenvalue weighted by Crippen LogP contribution is -2.20. The van der Waals surface area contributed by atoms with Crippen molar-refractivity contribution in [1.29, 1.82) is 0 Å². The van der Waals surface area contributed by atoms with Crippen molar-refractivity contribution < 1.29 is 14.6 Å². The molecule has 0 saturated carbocycles. The molecule has 6 heteroatoms. The summed E-state index contributed by atoms with van der Waals surface area (Å²) in [5.41, 5.74) is 2.67. The number of hydrogen-bond donors (Lipinski definition) is 2. The summed E-state index contributed by atoms with van der Waals surface area (Å²) in [6.45, 7) is 3.75. The van der Waals surface area contributed by atoms with Crippen molar-refractivity contribution in [2.24, 2.45) is 5.92 Å². The number of nitrogens with zero attached hydrogens (tertiary/aromatic N) is 1. The number of benzene rings is 1. The SMILES string of the molecule is CCC1C=CC=C(c2csc(NC(=O)COc3ccc(C(C)O)cc3)n2)C=C1. The summed E-state index contributed by atoms with van der Waals surface area (Å²) in [5.74, 6) is 0.751. The van der Waals surface area contributed by atoms with Crippen molar-refractivity contribution in [3.63, 3.8) is 0 Å². The number of aliphatic hydroxyl groups is 1. The molecular weight excluding hydrogens is 372 g/mol. The first kappa shape index (κ1) is 20.0. The van der Waals surface area contributed by atoms with E-state index in [0.717, 1.165) is 23.3 Å². The van der Waals surface area contributed by atoms with Gasteiger partial charge in [0.05, 0.1) is 11.8 Å². The Kier molecular flexibility index (Phi) is 6.79. The number of hydrogen-bond acceptors (Lipinski definition) is 5. The number of nitrogens with one attached hydrogen (secondary N) is 1. The van der Waals surface area contributed by atoms with Gasteiger partial charge in [0.1, 0.15) is 5.75 Å². The Morgan fingerprint density at radius 2 is 2.11 bits per heavy atom. The van der Waals surface area contributed by atoms with Crippen molar-refractivity contribution in [2.45, 2.75) is 26.4 Å². The molecule has 2 aromatic rings. The maximum atomic E-state index is 12.1. The van der Waals surface area contributed by atoms with Crippen LogP contribution in [0.4, 0.5) is 5.13 Å². The van der Waals surface area contributed by atoms with Gasteiger partial charge in [0.2, 0.25) is 0 Å². The van der Waals surface area contributed by atoms with Crippen molar-refractivity contribution in [2.75, 3.05) is 11.9 Å². The van der Waals surface area contributed by atoms with Gasteiger partial charge in [-0.25, -0.2) is 4.98 Å². The van der Waals surface area contributed by atoms with Crippen molar-refractivity contribution in [3.8, 4) is 5.75 Å². The van der Waals surface area contributed by atoms with Crippen LogP contribution in [0.5, 0.6) is 5.75 Å². The lowest BCUT2D eigenvalue weighted by atomic mass is 10.1. The first-order chi connectivity index (χ1) is 13.5. The quantitative estimate of drug-likeness (QED) is 0.708. The van der Waals surface area contributed by atoms with Crippen LogP contribution in [-0.4, -0.2) is 22.6 Å². The molecule has 0 saturated heterocycles. The second kappa shape index (κ2) is 9.48. The first-order valence-corrected chi connectivity index (χ1v) is 10.2. The highest BCUT2D eigenvalue weighted by atomic mass is 32.1. The highest BCUT2D eigenvalue weighted by Crippen LogP contribution is 2.25. The Bertz CT molecular complexity index is 895. The minimum absolute atomic E-state index is 0.105. The minimum Gasteiger partial charge on any atom is -0.484 e. The molecule has 146 valence electrons. The fraction of sp³-hybridized carbons (Fsp3) is 0.273. The predicted molar refractivity (Wildman–Crippen MR) is 113 cm³/mol. The van der Waals surface area contributed by atoms with Gasteiger partial charge in [-0.15, -0.1) is 11.3 Å². The molecule has 28 heavy (non-hydrogen) atoms. The molecule has 0 bridgehead atoms. The Morgan fingerprint density at radius 1 is 1.32 bits per heavy atom. The van der Waals surface area contributed by atoms with Crippen LogP contribution >= 0.6 is 11.3 Å². The second-order valence-electron chi connectivity index (χ2n) is 6.56. The second-order valence-corrected chi connectivity index (χ2v) is 7.42. The molecule has 0 aliphatic heterocycles. The zero-order valence-electron chi connectivity index (χ0n) is 16.0. The van der Waals surface area contributed by atoms with Crippen LogP contribution in [0.25, 0.3) is 5.57 Å². The van der Waals surface area contributed by atoms with E-state index in [4.69, 9.17) is 4.74 Å². The maximum Gasteiger partial charge on any atom is 0.264 e. The summed E-state index contributed by atoms with van der Waals surface area (Å²) in [5, 5.41) is 14.8. The van der Waals surface area contributed by atoms with Crippen molar-refractivity contribution >= 4 is 27.9 Å². The summed E-state index contributed by atoms with van der Waals surface area (Å²) >= 11 is 1.39. The smallest absolute Gasteiger partial charge is 0.264 e. The molecule has 1 aromatic carbocycles. The van der Waals surface area contributed by atoms with Gasteiger partial charge in [0.25, 0.3) is 5.91 Å². The summed E-state index contributed by atoms with van der Waals surface area (Å²) in [7, 11) is 0. The normalized spacial score (nSPS) is 17.0. The van der Waals surface area contributed by atoms with Crippen LogP contribution in [0.2, 0.25) is 0 Å². The number of thiazole rings is 1. The molecule has 0 spiro atoms. The van der Waals surface area contributed by atoms with E-state index in [9.17, 15) is 9.90 Å². The lowest BCUT2D eigenvalue weighted by molar-refractivity contribution is -0.118. The Labute approximate surface area is 169 Å². The van der Waals surface area contributed by atoms with Crippen molar-refractivity contribution in [3.05, 3.63) is 71.3 Å². The zero-order chi connectivity index (χ0) is 19.9. The lowest BCUT2D eigenvalue weighted by Gasteiger charge is -2.08. The van der Waals surface area contributed by atoms with Gasteiger partial charge in [-0.3, -0.25) is 10.1 Å². The Hall–Kier alpha value is -2.70. The Morgan fingerprint density at radius 3 is 2.82 bits per heavy atom. The largest absolute Gasteiger partial charge is 0.484 e. The van der Waals surface area contributed by atoms with E-state index < -0.39 is 6.10 Å². The number of carbonyl (C=O) groups is 1. The standard InChI is InChI=1S/C22H24N2O3S/c1-3-16-5-4-6-18(8-7-16)20-14-28-22(23-20)24-21(26)13-27-19-11-9-17(10-12-19)15(2)25/h4-12,14-16,25H,3,13H2,1-2H3,(H,23,24,26). The van der Waals surface area contributed by atoms with E-state index >= 15 is 0 Å². The summed E-state index contributed by atoms with van der Waals surface area (Å²) in [6.07, 6.45) is 11.0. The molecule has 1 aliphatic carbocycles. The number of anilines is 1. The molecule has 1 aromatic heterocycles. The first-order valence-electron chi connectivity index (χ1n) is 9.28. The number of rotatable bonds is 7. The van der Waals surface area contributed by atoms with Gasteiger partial charge >= 0.3 is 0 Å². The topological polar surface area (TPSA) is 71.5 Å². The van der Waals surface area contributed by atoms with Crippen molar-refractivity contribution in [1.82, 2.24) is 4.98 Å². The summed E-state index contributed by atoms with van der Waals surface area (Å²) < 4.78 is 5.49. The molecule has 0 fully saturated rings. The van der Waals surface area contributed by atoms with Gasteiger partial charge in [0, 0.05) is 11.0 Å². The van der Waals surface area contributed by atoms with Gasteiger partial charge in [-0.05, 0) is 37.0 Å². The van der Waals surface area contributed by atoms with Crippen LogP contribution in [0, 0.1) is 5.92 Å². The number of aliphatic hydroxyl groups excluding tert-OH is 1. The molecule has 0 radical (unpaired) electrons. The molecule has 3 rings (SSSR count). The molecular formula is C22H24N2O3S. The van der Waals surface area contributed by atoms with Crippen LogP contribution in [0.15, 0.2) is 60.0 Å². The number of amides is 1. The fourth-order valence-electron chi connectivity index (χ4n) is 2.70. The number of ether oxygens (including phenoxy) is 1. The number of aromatic nitrogens is 1. The third kappa shape index (κ3) is 5.41. The molecule has 5 nitrogen and oxygen atoms in total. The minimum atomic E-state index is -0.529. The monoisotopic (exact) mass is 396 g/mol. The third-order valence-corrected chi connectivity index (χ3v) is 5.16. The van der Waals surface area contributed by atoms with Gasteiger partial charge in [-0.1, -0.05) is 49.4 Å². The van der Waals surface area contributed by atoms with Gasteiger partial charge in [0.15, 0.2) is 11.7 Å². The van der Waals surface area contributed by atoms with Crippen LogP contribution in [0.3, 0.4) is 0 Å². The van der Waals surface area contributed by atoms with E-state index in [1.54, 1.807) is 31.2 Å². The molecule has 1 heterocycles. The van der Waals surface area contributed by atoms with E-state index in [0.29, 0.717) is 16.8 Å². The average molecular weight is 397 g/mol. The highest BCUT2D eigenvalue weighted by Gasteiger charge is 2.10. The molecule has 2 N–H and O–H groups in total. The molecule has 2 atom stereocenters. The number of carbonyl (C=O) groups excluding carboxylic acids is 1. The highest BCUT2D eigenvalue weighted by molar-refractivity contribution is 7.14. The van der Waals surface area contributed by atoms with Gasteiger partial charge < -0.3 is 9.84 Å². The zero-order valence-corrected chi connectivity index (χ0v) is 16.8. The third-order valence-electron chi connectivity index (χ3n) is 4.41. The van der Waals surface area contributed by atoms with Crippen LogP contribution < -0.4 is 10.1 Å². The van der Waals surface area contributed by atoms with E-state index in [2.05, 4.69) is 41.5 Å². The van der Waals surface area contributed by atoms with Crippen LogP contribution in [-0.2, 0) is 4.79 Å². The Balaban J connectivity index is 1.54. The number of allylic oxidation sites excluding steroid dienone is 6. The fourth-order valence-corrected chi connectivity index (χ4v) is 3.44. The van der Waals surface area contributed by atoms with E-state index in [-0.39, 0.29) is 12.5 Å². The molecule has 1 aliphatic rings. The predicted octanol–water partition coefficient (Wildman–Crippen LogP) is 4.75.